The first-order chi connectivity index (χ1) is 13.5. The molecular formula is C22H21FN2O3. The van der Waals surface area contributed by atoms with E-state index >= 15 is 0 Å². The fourth-order valence-electron chi connectivity index (χ4n) is 2.60. The molecule has 1 N–H and O–H groups in total. The summed E-state index contributed by atoms with van der Waals surface area (Å²) >= 11 is 0. The second kappa shape index (κ2) is 8.99. The van der Waals surface area contributed by atoms with Crippen molar-refractivity contribution in [3.63, 3.8) is 0 Å². The molecule has 0 fully saturated rings. The molecule has 3 rings (SSSR count). The van der Waals surface area contributed by atoms with Gasteiger partial charge >= 0.3 is 0 Å². The zero-order valence-corrected chi connectivity index (χ0v) is 15.7. The van der Waals surface area contributed by atoms with E-state index < -0.39 is 0 Å². The van der Waals surface area contributed by atoms with Gasteiger partial charge in [-0.3, -0.25) is 4.79 Å². The maximum atomic E-state index is 13.0. The molecule has 0 radical (unpaired) electrons. The van der Waals surface area contributed by atoms with Crippen LogP contribution in [0.5, 0.6) is 17.4 Å². The molecule has 0 unspecified atom stereocenters. The minimum absolute atomic E-state index is 0.0616. The number of nitrogens with one attached hydrogen (secondary N) is 1. The first-order valence-corrected chi connectivity index (χ1v) is 8.85. The van der Waals surface area contributed by atoms with Crippen molar-refractivity contribution in [3.8, 4) is 17.4 Å². The molecule has 6 heteroatoms. The van der Waals surface area contributed by atoms with Crippen LogP contribution in [0.4, 0.5) is 4.39 Å². The van der Waals surface area contributed by atoms with Crippen LogP contribution in [0.3, 0.4) is 0 Å². The standard InChI is InChI=1S/C22H21FN2O3/c1-15-3-8-20(16(2)11-15)27-14-21(26)25-13-17-9-10-24-22(12-17)28-19-6-4-18(23)5-7-19/h3-12H,13-14H2,1-2H3,(H,25,26). The topological polar surface area (TPSA) is 60.5 Å². The lowest BCUT2D eigenvalue weighted by atomic mass is 10.1. The fraction of sp³-hybridized carbons (Fsp3) is 0.182. The minimum atomic E-state index is -0.333. The van der Waals surface area contributed by atoms with Gasteiger partial charge in [-0.25, -0.2) is 9.37 Å². The molecule has 144 valence electrons. The van der Waals surface area contributed by atoms with E-state index in [1.54, 1.807) is 18.3 Å². The Kier molecular flexibility index (Phi) is 6.22. The number of carbonyl (C=O) groups is 1. The molecule has 0 aliphatic rings. The van der Waals surface area contributed by atoms with Gasteiger partial charge in [0, 0.05) is 18.8 Å². The fourth-order valence-corrected chi connectivity index (χ4v) is 2.60. The van der Waals surface area contributed by atoms with E-state index in [-0.39, 0.29) is 18.3 Å². The Balaban J connectivity index is 1.51. The summed E-state index contributed by atoms with van der Waals surface area (Å²) in [5, 5.41) is 2.80. The molecule has 1 aromatic heterocycles. The highest BCUT2D eigenvalue weighted by Gasteiger charge is 2.06. The van der Waals surface area contributed by atoms with Gasteiger partial charge in [0.25, 0.3) is 5.91 Å². The molecule has 0 saturated heterocycles. The van der Waals surface area contributed by atoms with Crippen LogP contribution in [0.15, 0.2) is 60.8 Å². The molecular weight excluding hydrogens is 359 g/mol. The molecule has 0 saturated carbocycles. The van der Waals surface area contributed by atoms with Crippen LogP contribution in [0.2, 0.25) is 0 Å². The molecule has 0 bridgehead atoms. The average Bonchev–Trinajstić information content (AvgIpc) is 2.68. The number of hydrogen-bond acceptors (Lipinski definition) is 4. The predicted molar refractivity (Wildman–Crippen MR) is 104 cm³/mol. The molecule has 3 aromatic rings. The van der Waals surface area contributed by atoms with Gasteiger partial charge in [0.15, 0.2) is 6.61 Å². The number of nitrogens with zero attached hydrogens (tertiary/aromatic N) is 1. The lowest BCUT2D eigenvalue weighted by Gasteiger charge is -2.11. The molecule has 1 amide bonds. The Morgan fingerprint density at radius 3 is 2.61 bits per heavy atom. The Bertz CT molecular complexity index is 958. The van der Waals surface area contributed by atoms with Crippen molar-refractivity contribution in [2.24, 2.45) is 0 Å². The van der Waals surface area contributed by atoms with Crippen molar-refractivity contribution in [2.45, 2.75) is 20.4 Å². The van der Waals surface area contributed by atoms with Crippen molar-refractivity contribution in [3.05, 3.63) is 83.3 Å². The van der Waals surface area contributed by atoms with Crippen LogP contribution in [0.25, 0.3) is 0 Å². The number of carbonyl (C=O) groups excluding carboxylic acids is 1. The lowest BCUT2D eigenvalue weighted by Crippen LogP contribution is -2.28. The van der Waals surface area contributed by atoms with Crippen LogP contribution in [0, 0.1) is 19.7 Å². The Morgan fingerprint density at radius 1 is 1.07 bits per heavy atom. The van der Waals surface area contributed by atoms with E-state index in [1.165, 1.54) is 24.3 Å². The molecule has 0 spiro atoms. The van der Waals surface area contributed by atoms with Crippen molar-refractivity contribution in [1.29, 1.82) is 0 Å². The third-order valence-electron chi connectivity index (χ3n) is 4.01. The number of pyridine rings is 1. The largest absolute Gasteiger partial charge is 0.484 e. The van der Waals surface area contributed by atoms with E-state index in [2.05, 4.69) is 10.3 Å². The van der Waals surface area contributed by atoms with Crippen LogP contribution >= 0.6 is 0 Å². The van der Waals surface area contributed by atoms with Gasteiger partial charge in [-0.2, -0.15) is 0 Å². The Labute approximate surface area is 163 Å². The third kappa shape index (κ3) is 5.54. The summed E-state index contributed by atoms with van der Waals surface area (Å²) in [6.07, 6.45) is 1.59. The molecule has 5 nitrogen and oxygen atoms in total. The zero-order chi connectivity index (χ0) is 19.9. The van der Waals surface area contributed by atoms with Gasteiger partial charge in [-0.15, -0.1) is 0 Å². The summed E-state index contributed by atoms with van der Waals surface area (Å²) in [6, 6.07) is 15.0. The number of rotatable bonds is 7. The van der Waals surface area contributed by atoms with Crippen LogP contribution in [-0.4, -0.2) is 17.5 Å². The summed E-state index contributed by atoms with van der Waals surface area (Å²) in [7, 11) is 0. The van der Waals surface area contributed by atoms with Crippen molar-refractivity contribution < 1.29 is 18.7 Å². The lowest BCUT2D eigenvalue weighted by molar-refractivity contribution is -0.123. The van der Waals surface area contributed by atoms with Crippen molar-refractivity contribution >= 4 is 5.91 Å². The van der Waals surface area contributed by atoms with Gasteiger partial charge in [-0.1, -0.05) is 17.7 Å². The van der Waals surface area contributed by atoms with E-state index in [4.69, 9.17) is 9.47 Å². The summed E-state index contributed by atoms with van der Waals surface area (Å²) < 4.78 is 24.1. The van der Waals surface area contributed by atoms with Gasteiger partial charge in [0.1, 0.15) is 17.3 Å². The zero-order valence-electron chi connectivity index (χ0n) is 15.7. The van der Waals surface area contributed by atoms with E-state index in [1.807, 2.05) is 32.0 Å². The molecule has 0 atom stereocenters. The maximum Gasteiger partial charge on any atom is 0.258 e. The monoisotopic (exact) mass is 380 g/mol. The molecule has 28 heavy (non-hydrogen) atoms. The van der Waals surface area contributed by atoms with Crippen LogP contribution in [0.1, 0.15) is 16.7 Å². The molecule has 2 aromatic carbocycles. The average molecular weight is 380 g/mol. The highest BCUT2D eigenvalue weighted by Crippen LogP contribution is 2.20. The summed E-state index contributed by atoms with van der Waals surface area (Å²) in [5.41, 5.74) is 2.96. The summed E-state index contributed by atoms with van der Waals surface area (Å²) in [5.74, 6) is 0.985. The van der Waals surface area contributed by atoms with Crippen LogP contribution < -0.4 is 14.8 Å². The smallest absolute Gasteiger partial charge is 0.258 e. The number of aryl methyl sites for hydroxylation is 2. The Morgan fingerprint density at radius 2 is 1.86 bits per heavy atom. The van der Waals surface area contributed by atoms with Gasteiger partial charge in [0.2, 0.25) is 5.88 Å². The minimum Gasteiger partial charge on any atom is -0.484 e. The molecule has 1 heterocycles. The van der Waals surface area contributed by atoms with Crippen molar-refractivity contribution in [1.82, 2.24) is 10.3 Å². The van der Waals surface area contributed by atoms with Gasteiger partial charge < -0.3 is 14.8 Å². The number of hydrogen-bond donors (Lipinski definition) is 1. The highest BCUT2D eigenvalue weighted by atomic mass is 19.1. The second-order valence-corrected chi connectivity index (χ2v) is 6.39. The normalized spacial score (nSPS) is 10.4. The van der Waals surface area contributed by atoms with Gasteiger partial charge in [0.05, 0.1) is 0 Å². The van der Waals surface area contributed by atoms with Crippen LogP contribution in [-0.2, 0) is 11.3 Å². The SMILES string of the molecule is Cc1ccc(OCC(=O)NCc2ccnc(Oc3ccc(F)cc3)c2)c(C)c1. The number of benzene rings is 2. The third-order valence-corrected chi connectivity index (χ3v) is 4.01. The number of aromatic nitrogens is 1. The predicted octanol–water partition coefficient (Wildman–Crippen LogP) is 4.33. The van der Waals surface area contributed by atoms with Gasteiger partial charge in [-0.05, 0) is 61.4 Å². The van der Waals surface area contributed by atoms with E-state index in [0.717, 1.165) is 16.7 Å². The van der Waals surface area contributed by atoms with Crippen molar-refractivity contribution in [2.75, 3.05) is 6.61 Å². The first-order valence-electron chi connectivity index (χ1n) is 8.85. The number of halogens is 1. The second-order valence-electron chi connectivity index (χ2n) is 6.39. The summed E-state index contributed by atoms with van der Waals surface area (Å²) in [4.78, 5) is 16.2. The maximum absolute atomic E-state index is 13.0. The van der Waals surface area contributed by atoms with E-state index in [9.17, 15) is 9.18 Å². The van der Waals surface area contributed by atoms with E-state index in [0.29, 0.717) is 23.9 Å². The number of amides is 1. The Hall–Kier alpha value is -3.41. The quantitative estimate of drug-likeness (QED) is 0.663. The molecule has 0 aliphatic carbocycles. The molecule has 0 aliphatic heterocycles. The number of ether oxygens (including phenoxy) is 2. The highest BCUT2D eigenvalue weighted by molar-refractivity contribution is 5.77. The first kappa shape index (κ1) is 19.4. The summed E-state index contributed by atoms with van der Waals surface area (Å²) in [6.45, 7) is 4.21.